The van der Waals surface area contributed by atoms with Gasteiger partial charge >= 0.3 is 6.03 Å². The molecule has 0 spiro atoms. The minimum atomic E-state index is -0.609. The number of carbonyl (C=O) groups is 1. The third-order valence-electron chi connectivity index (χ3n) is 9.41. The highest BCUT2D eigenvalue weighted by atomic mass is 16.7. The Morgan fingerprint density at radius 2 is 1.38 bits per heavy atom. The van der Waals surface area contributed by atoms with Gasteiger partial charge in [-0.05, 0) is 89.3 Å². The fourth-order valence-electron chi connectivity index (χ4n) is 6.67. The van der Waals surface area contributed by atoms with E-state index in [1.54, 1.807) is 26.4 Å². The molecule has 0 aliphatic carbocycles. The number of hydrogen-bond acceptors (Lipinski definition) is 8. The van der Waals surface area contributed by atoms with E-state index in [9.17, 15) is 9.90 Å². The molecule has 268 valence electrons. The number of amides is 2. The maximum absolute atomic E-state index is 12.8. The number of benzene rings is 5. The number of aliphatic hydroxyl groups is 1. The summed E-state index contributed by atoms with van der Waals surface area (Å²) in [4.78, 5) is 15.2. The van der Waals surface area contributed by atoms with E-state index < -0.39 is 6.29 Å². The predicted octanol–water partition coefficient (Wildman–Crippen LogP) is 8.24. The van der Waals surface area contributed by atoms with Gasteiger partial charge in [0.05, 0.1) is 33.0 Å². The van der Waals surface area contributed by atoms with Gasteiger partial charge in [0.15, 0.2) is 17.8 Å². The number of rotatable bonds is 11. The van der Waals surface area contributed by atoms with Crippen LogP contribution in [0.1, 0.15) is 46.6 Å². The Balaban J connectivity index is 1.00. The van der Waals surface area contributed by atoms with Crippen LogP contribution in [0.5, 0.6) is 23.0 Å². The highest BCUT2D eigenvalue weighted by Crippen LogP contribution is 2.39. The molecule has 52 heavy (non-hydrogen) atoms. The average molecular weight is 702 g/mol. The smallest absolute Gasteiger partial charge is 0.323 e. The number of urea groups is 1. The molecule has 7 rings (SSSR count). The molecule has 0 aromatic heterocycles. The summed E-state index contributed by atoms with van der Waals surface area (Å²) in [5, 5.41) is 15.4. The fourth-order valence-corrected chi connectivity index (χ4v) is 6.67. The average Bonchev–Trinajstić information content (AvgIpc) is 3.18. The molecule has 0 radical (unpaired) electrons. The summed E-state index contributed by atoms with van der Waals surface area (Å²) in [5.41, 5.74) is 6.50. The molecule has 2 aliphatic heterocycles. The van der Waals surface area contributed by atoms with Gasteiger partial charge in [0.25, 0.3) is 0 Å². The molecule has 0 bridgehead atoms. The lowest BCUT2D eigenvalue weighted by Gasteiger charge is -2.39. The largest absolute Gasteiger partial charge is 0.493 e. The number of carbonyl (C=O) groups excluding carboxylic acids is 1. The molecule has 0 saturated carbocycles. The molecular formula is C42H43N3O7. The molecular weight excluding hydrogens is 658 g/mol. The monoisotopic (exact) mass is 701 g/mol. The van der Waals surface area contributed by atoms with E-state index in [1.165, 1.54) is 11.1 Å². The van der Waals surface area contributed by atoms with Crippen LogP contribution in [0.25, 0.3) is 0 Å². The third-order valence-corrected chi connectivity index (χ3v) is 9.41. The van der Waals surface area contributed by atoms with E-state index in [0.29, 0.717) is 23.5 Å². The number of para-hydroxylation sites is 1. The first-order valence-electron chi connectivity index (χ1n) is 17.4. The lowest BCUT2D eigenvalue weighted by atomic mass is 9.97. The summed E-state index contributed by atoms with van der Waals surface area (Å²) >= 11 is 0. The zero-order valence-electron chi connectivity index (χ0n) is 29.3. The number of hydrogen-bond donors (Lipinski definition) is 3. The topological polar surface area (TPSA) is 111 Å². The highest BCUT2D eigenvalue weighted by molar-refractivity contribution is 5.99. The molecule has 3 atom stereocenters. The van der Waals surface area contributed by atoms with E-state index in [2.05, 4.69) is 27.7 Å². The minimum absolute atomic E-state index is 0.0122. The maximum Gasteiger partial charge on any atom is 0.323 e. The lowest BCUT2D eigenvalue weighted by molar-refractivity contribution is -0.253. The molecule has 1 fully saturated rings. The molecule has 2 aliphatic rings. The first kappa shape index (κ1) is 35.0. The molecule has 1 saturated heterocycles. The van der Waals surface area contributed by atoms with Crippen molar-refractivity contribution in [1.29, 1.82) is 0 Å². The summed E-state index contributed by atoms with van der Waals surface area (Å²) in [6.45, 7) is 2.41. The van der Waals surface area contributed by atoms with Gasteiger partial charge in [-0.25, -0.2) is 4.79 Å². The summed E-state index contributed by atoms with van der Waals surface area (Å²) in [6, 6.07) is 35.9. The van der Waals surface area contributed by atoms with Crippen LogP contribution in [-0.2, 0) is 29.0 Å². The summed E-state index contributed by atoms with van der Waals surface area (Å²) < 4.78 is 30.1. The van der Waals surface area contributed by atoms with Gasteiger partial charge in [0.2, 0.25) is 0 Å². The SMILES string of the molecule is COc1cc2c(cc1OC)CN(C[C@@H]1C[C@H](c3ccc(CO)cc3)O[C@H](c3ccc(NC(=O)Nc4ccc(Oc5ccccc5)cc4)cc3)O1)CC2. The minimum Gasteiger partial charge on any atom is -0.493 e. The summed E-state index contributed by atoms with van der Waals surface area (Å²) in [6.07, 6.45) is 0.678. The predicted molar refractivity (Wildman–Crippen MR) is 199 cm³/mol. The normalized spacial score (nSPS) is 18.6. The van der Waals surface area contributed by atoms with E-state index in [0.717, 1.165) is 60.0 Å². The van der Waals surface area contributed by atoms with E-state index in [4.69, 9.17) is 23.7 Å². The Hall–Kier alpha value is -5.39. The second kappa shape index (κ2) is 16.3. The van der Waals surface area contributed by atoms with Crippen molar-refractivity contribution in [3.8, 4) is 23.0 Å². The number of ether oxygens (including phenoxy) is 5. The van der Waals surface area contributed by atoms with Crippen molar-refractivity contribution in [2.75, 3.05) is 37.9 Å². The molecule has 3 N–H and O–H groups in total. The standard InChI is InChI=1S/C42H43N3O7/c1-48-39-22-31-20-21-45(25-32(31)23-40(39)49-2)26-37-24-38(29-10-8-28(27-46)9-11-29)52-41(51-37)30-12-14-33(15-13-30)43-42(47)44-34-16-18-36(19-17-34)50-35-6-4-3-5-7-35/h3-19,22-23,37-38,41,46H,20-21,24-27H2,1-2H3,(H2,43,44,47)/t37-,38+,41+/m0/s1. The second-order valence-corrected chi connectivity index (χ2v) is 13.0. The van der Waals surface area contributed by atoms with Crippen LogP contribution in [0.3, 0.4) is 0 Å². The molecule has 10 heteroatoms. The first-order chi connectivity index (χ1) is 25.5. The number of nitrogens with zero attached hydrogens (tertiary/aromatic N) is 1. The second-order valence-electron chi connectivity index (χ2n) is 13.0. The van der Waals surface area contributed by atoms with Crippen LogP contribution in [0, 0.1) is 0 Å². The maximum atomic E-state index is 12.8. The lowest BCUT2D eigenvalue weighted by Crippen LogP contribution is -2.41. The zero-order valence-corrected chi connectivity index (χ0v) is 29.3. The van der Waals surface area contributed by atoms with Crippen molar-refractivity contribution >= 4 is 17.4 Å². The van der Waals surface area contributed by atoms with Crippen LogP contribution in [-0.4, -0.2) is 49.5 Å². The summed E-state index contributed by atoms with van der Waals surface area (Å²) in [7, 11) is 3.33. The number of methoxy groups -OCH3 is 2. The number of aliphatic hydroxyl groups excluding tert-OH is 1. The fraction of sp³-hybridized carbons (Fsp3) is 0.262. The van der Waals surface area contributed by atoms with Crippen LogP contribution in [0.2, 0.25) is 0 Å². The molecule has 10 nitrogen and oxygen atoms in total. The molecule has 2 amide bonds. The van der Waals surface area contributed by atoms with Gasteiger partial charge in [-0.3, -0.25) is 4.90 Å². The van der Waals surface area contributed by atoms with Crippen molar-refractivity contribution in [2.45, 2.75) is 44.5 Å². The van der Waals surface area contributed by atoms with Gasteiger partial charge in [0, 0.05) is 43.0 Å². The Morgan fingerprint density at radius 3 is 2.04 bits per heavy atom. The molecule has 5 aromatic rings. The van der Waals surface area contributed by atoms with Crippen LogP contribution in [0.15, 0.2) is 115 Å². The first-order valence-corrected chi connectivity index (χ1v) is 17.4. The van der Waals surface area contributed by atoms with Gasteiger partial charge < -0.3 is 39.4 Å². The van der Waals surface area contributed by atoms with Gasteiger partial charge in [-0.15, -0.1) is 0 Å². The third kappa shape index (κ3) is 8.55. The van der Waals surface area contributed by atoms with Crippen LogP contribution >= 0.6 is 0 Å². The van der Waals surface area contributed by atoms with E-state index in [1.807, 2.05) is 91.0 Å². The molecule has 0 unspecified atom stereocenters. The molecule has 5 aromatic carbocycles. The Kier molecular flexibility index (Phi) is 11.0. The van der Waals surface area contributed by atoms with Gasteiger partial charge in [-0.2, -0.15) is 0 Å². The number of anilines is 2. The Labute approximate surface area is 303 Å². The summed E-state index contributed by atoms with van der Waals surface area (Å²) in [5.74, 6) is 2.90. The van der Waals surface area contributed by atoms with Crippen molar-refractivity contribution in [1.82, 2.24) is 4.90 Å². The van der Waals surface area contributed by atoms with Crippen LogP contribution < -0.4 is 24.8 Å². The van der Waals surface area contributed by atoms with Crippen molar-refractivity contribution in [3.05, 3.63) is 143 Å². The quantitative estimate of drug-likeness (QED) is 0.126. The van der Waals surface area contributed by atoms with Crippen molar-refractivity contribution < 1.29 is 33.6 Å². The zero-order chi connectivity index (χ0) is 35.9. The Bertz CT molecular complexity index is 1940. The van der Waals surface area contributed by atoms with Crippen molar-refractivity contribution in [2.24, 2.45) is 0 Å². The van der Waals surface area contributed by atoms with Crippen molar-refractivity contribution in [3.63, 3.8) is 0 Å². The van der Waals surface area contributed by atoms with E-state index in [-0.39, 0.29) is 24.8 Å². The van der Waals surface area contributed by atoms with E-state index >= 15 is 0 Å². The van der Waals surface area contributed by atoms with Gasteiger partial charge in [0.1, 0.15) is 11.5 Å². The highest BCUT2D eigenvalue weighted by Gasteiger charge is 2.34. The number of fused-ring (bicyclic) bond motifs is 1. The number of nitrogens with one attached hydrogen (secondary N) is 2. The van der Waals surface area contributed by atoms with Gasteiger partial charge in [-0.1, -0.05) is 54.6 Å². The Morgan fingerprint density at radius 1 is 0.769 bits per heavy atom. The molecule has 2 heterocycles. The van der Waals surface area contributed by atoms with Crippen LogP contribution in [0.4, 0.5) is 16.2 Å².